The van der Waals surface area contributed by atoms with Crippen molar-refractivity contribution in [3.8, 4) is 0 Å². The molecule has 0 bridgehead atoms. The number of imide groups is 1. The van der Waals surface area contributed by atoms with Crippen LogP contribution < -0.4 is 9.89 Å². The first-order valence-electron chi connectivity index (χ1n) is 7.27. The molecule has 0 saturated heterocycles. The normalized spacial score (nSPS) is 17.6. The highest BCUT2D eigenvalue weighted by Gasteiger charge is 2.52. The Balaban J connectivity index is 2.37. The van der Waals surface area contributed by atoms with Gasteiger partial charge in [0.15, 0.2) is 5.69 Å². The number of hydrogen-bond donors (Lipinski definition) is 0. The van der Waals surface area contributed by atoms with Crippen molar-refractivity contribution in [3.05, 3.63) is 23.3 Å². The fourth-order valence-corrected chi connectivity index (χ4v) is 2.86. The maximum Gasteiger partial charge on any atom is 0.480 e. The molecule has 2 aliphatic heterocycles. The summed E-state index contributed by atoms with van der Waals surface area (Å²) in [4.78, 5) is 31.4. The van der Waals surface area contributed by atoms with Gasteiger partial charge in [-0.15, -0.1) is 0 Å². The van der Waals surface area contributed by atoms with Crippen LogP contribution in [-0.4, -0.2) is 53.6 Å². The highest BCUT2D eigenvalue weighted by atomic mass is 16.2. The van der Waals surface area contributed by atoms with Crippen LogP contribution in [0.4, 0.5) is 16.2 Å². The lowest BCUT2D eigenvalue weighted by Crippen LogP contribution is -2.58. The number of aliphatic imine (C=N–C) groups is 1. The summed E-state index contributed by atoms with van der Waals surface area (Å²) in [5, 5.41) is 0. The molecule has 3 rings (SSSR count). The molecule has 113 valence electrons. The van der Waals surface area contributed by atoms with Gasteiger partial charge in [-0.1, -0.05) is 0 Å². The van der Waals surface area contributed by atoms with E-state index < -0.39 is 6.03 Å². The van der Waals surface area contributed by atoms with Crippen molar-refractivity contribution < 1.29 is 14.2 Å². The second kappa shape index (κ2) is 4.76. The van der Waals surface area contributed by atoms with Crippen molar-refractivity contribution >= 4 is 34.9 Å². The molecule has 1 radical (unpaired) electrons. The Morgan fingerprint density at radius 2 is 1.73 bits per heavy atom. The quantitative estimate of drug-likeness (QED) is 0.732. The molecule has 0 unspecified atom stereocenters. The number of amides is 3. The number of fused-ring (bicyclic) bond motifs is 2. The van der Waals surface area contributed by atoms with E-state index in [1.54, 1.807) is 0 Å². The molecule has 22 heavy (non-hydrogen) atoms. The maximum absolute atomic E-state index is 12.6. The van der Waals surface area contributed by atoms with E-state index in [2.05, 4.69) is 24.0 Å². The molecule has 2 aliphatic rings. The van der Waals surface area contributed by atoms with Gasteiger partial charge < -0.3 is 0 Å². The van der Waals surface area contributed by atoms with Crippen molar-refractivity contribution in [1.82, 2.24) is 9.89 Å². The molecule has 0 fully saturated rings. The number of nitrogens with zero attached hydrogens (tertiary/aromatic N) is 4. The smallest absolute Gasteiger partial charge is 0.248 e. The van der Waals surface area contributed by atoms with E-state index in [9.17, 15) is 9.59 Å². The molecule has 0 spiro atoms. The second-order valence-electron chi connectivity index (χ2n) is 5.66. The third-order valence-corrected chi connectivity index (χ3v) is 4.35. The number of hydrogen-bond acceptors (Lipinski definition) is 3. The van der Waals surface area contributed by atoms with E-state index >= 15 is 0 Å². The van der Waals surface area contributed by atoms with Crippen LogP contribution >= 0.6 is 0 Å². The fourth-order valence-electron chi connectivity index (χ4n) is 2.86. The zero-order valence-electron chi connectivity index (χ0n) is 13.5. The number of amidine groups is 1. The predicted octanol–water partition coefficient (Wildman–Crippen LogP) is 1.18. The monoisotopic (exact) mass is 299 g/mol. The van der Waals surface area contributed by atoms with Crippen molar-refractivity contribution in [2.24, 2.45) is 0 Å². The minimum absolute atomic E-state index is 0.312. The van der Waals surface area contributed by atoms with Gasteiger partial charge >= 0.3 is 23.5 Å². The molecule has 6 heteroatoms. The van der Waals surface area contributed by atoms with E-state index in [0.717, 1.165) is 21.8 Å². The number of anilines is 1. The lowest BCUT2D eigenvalue weighted by atomic mass is 10.0. The van der Waals surface area contributed by atoms with Gasteiger partial charge in [0.25, 0.3) is 0 Å². The number of rotatable bonds is 1. The molecule has 0 saturated carbocycles. The molecular formula is C16H19N4O2+2. The topological polar surface area (TPSA) is 57.7 Å². The van der Waals surface area contributed by atoms with Crippen molar-refractivity contribution in [2.75, 3.05) is 25.5 Å². The first-order chi connectivity index (χ1) is 10.4. The van der Waals surface area contributed by atoms with Gasteiger partial charge in [0.1, 0.15) is 6.54 Å². The van der Waals surface area contributed by atoms with Crippen LogP contribution in [0.3, 0.4) is 0 Å². The van der Waals surface area contributed by atoms with Crippen LogP contribution in [-0.2, 0) is 4.79 Å². The van der Waals surface area contributed by atoms with E-state index in [1.807, 2.05) is 30.4 Å². The summed E-state index contributed by atoms with van der Waals surface area (Å²) in [7, 11) is 3.30. The zero-order valence-corrected chi connectivity index (χ0v) is 13.5. The molecule has 1 aromatic rings. The van der Waals surface area contributed by atoms with Gasteiger partial charge in [0.2, 0.25) is 5.69 Å². The van der Waals surface area contributed by atoms with Crippen LogP contribution in [0.5, 0.6) is 0 Å². The Bertz CT molecular complexity index is 777. The Morgan fingerprint density at radius 3 is 2.36 bits per heavy atom. The fraction of sp³-hybridized carbons (Fsp3) is 0.375. The van der Waals surface area contributed by atoms with E-state index in [4.69, 9.17) is 0 Å². The van der Waals surface area contributed by atoms with Crippen molar-refractivity contribution in [1.29, 1.82) is 0 Å². The Kier molecular flexibility index (Phi) is 3.12. The second-order valence-corrected chi connectivity index (χ2v) is 5.66. The van der Waals surface area contributed by atoms with E-state index in [0.29, 0.717) is 18.1 Å². The molecule has 0 N–H and O–H groups in total. The van der Waals surface area contributed by atoms with E-state index in [1.165, 1.54) is 12.6 Å². The number of aryl methyl sites for hydroxylation is 2. The highest BCUT2D eigenvalue weighted by Crippen LogP contribution is 2.34. The SMILES string of the molecule is CC[N+]1=C2C(=O)N(C)C(=O)[N+]=C2N(C)c2cc(C)c(C)cc21. The Hall–Kier alpha value is -2.50. The standard InChI is InChI=1S/C16H19N4O2/c1-6-20-12-8-10(3)9(2)7-11(12)18(4)14-13(20)15(21)19(5)16(22)17-14/h7-8H,6H2,1-5H3/q+2. The summed E-state index contributed by atoms with van der Waals surface area (Å²) in [5.74, 6) is 0.110. The van der Waals surface area contributed by atoms with Gasteiger partial charge in [-0.3, -0.25) is 0 Å². The third-order valence-electron chi connectivity index (χ3n) is 4.35. The third kappa shape index (κ3) is 1.80. The van der Waals surface area contributed by atoms with Gasteiger partial charge in [-0.05, 0) is 43.0 Å². The first kappa shape index (κ1) is 14.4. The molecule has 0 atom stereocenters. The van der Waals surface area contributed by atoms with Crippen LogP contribution in [0.1, 0.15) is 18.1 Å². The average Bonchev–Trinajstić information content (AvgIpc) is 2.49. The van der Waals surface area contributed by atoms with Crippen molar-refractivity contribution in [3.63, 3.8) is 0 Å². The maximum atomic E-state index is 12.6. The van der Waals surface area contributed by atoms with Gasteiger partial charge in [-0.2, -0.15) is 9.48 Å². The summed E-state index contributed by atoms with van der Waals surface area (Å²) in [5.41, 5.74) is 4.72. The molecule has 6 nitrogen and oxygen atoms in total. The molecule has 3 amide bonds. The number of carbonyl (C=O) groups excluding carboxylic acids is 2. The van der Waals surface area contributed by atoms with Gasteiger partial charge in [0.05, 0.1) is 14.1 Å². The van der Waals surface area contributed by atoms with Crippen LogP contribution in [0.25, 0.3) is 0 Å². The molecule has 0 aromatic heterocycles. The van der Waals surface area contributed by atoms with Crippen molar-refractivity contribution in [2.45, 2.75) is 20.8 Å². The Morgan fingerprint density at radius 1 is 1.09 bits per heavy atom. The van der Waals surface area contributed by atoms with Crippen LogP contribution in [0.2, 0.25) is 0 Å². The summed E-state index contributed by atoms with van der Waals surface area (Å²) in [6, 6.07) is 3.62. The lowest BCUT2D eigenvalue weighted by Gasteiger charge is -2.24. The largest absolute Gasteiger partial charge is 0.480 e. The number of carbonyl (C=O) groups is 2. The zero-order chi connectivity index (χ0) is 16.2. The average molecular weight is 299 g/mol. The summed E-state index contributed by atoms with van der Waals surface area (Å²) in [6.45, 7) is 6.71. The number of urea groups is 1. The van der Waals surface area contributed by atoms with Gasteiger partial charge in [0, 0.05) is 6.07 Å². The summed E-state index contributed by atoms with van der Waals surface area (Å²) >= 11 is 0. The number of benzene rings is 1. The summed E-state index contributed by atoms with van der Waals surface area (Å²) in [6.07, 6.45) is 0. The first-order valence-corrected chi connectivity index (χ1v) is 7.27. The molecule has 2 heterocycles. The minimum atomic E-state index is -0.529. The molecular weight excluding hydrogens is 280 g/mol. The van der Waals surface area contributed by atoms with E-state index in [-0.39, 0.29) is 5.91 Å². The molecule has 0 aliphatic carbocycles. The van der Waals surface area contributed by atoms with Crippen LogP contribution in [0, 0.1) is 13.8 Å². The highest BCUT2D eigenvalue weighted by molar-refractivity contribution is 6.69. The minimum Gasteiger partial charge on any atom is -0.248 e. The van der Waals surface area contributed by atoms with Gasteiger partial charge in [-0.25, -0.2) is 14.5 Å². The lowest BCUT2D eigenvalue weighted by molar-refractivity contribution is -0.433. The summed E-state index contributed by atoms with van der Waals surface area (Å²) < 4.78 is 1.94. The molecule has 1 aromatic carbocycles. The van der Waals surface area contributed by atoms with Crippen LogP contribution in [0.15, 0.2) is 12.1 Å². The predicted molar refractivity (Wildman–Crippen MR) is 85.1 cm³/mol. The Labute approximate surface area is 129 Å².